The van der Waals surface area contributed by atoms with Gasteiger partial charge in [0.25, 0.3) is 5.91 Å². The summed E-state index contributed by atoms with van der Waals surface area (Å²) in [5.74, 6) is 0.258. The highest BCUT2D eigenvalue weighted by atomic mass is 32.2. The van der Waals surface area contributed by atoms with Crippen LogP contribution < -0.4 is 4.72 Å². The van der Waals surface area contributed by atoms with Crippen LogP contribution in [0.2, 0.25) is 0 Å². The molecule has 166 valence electrons. The summed E-state index contributed by atoms with van der Waals surface area (Å²) in [5, 5.41) is 0. The maximum absolute atomic E-state index is 13.0. The predicted molar refractivity (Wildman–Crippen MR) is 114 cm³/mol. The van der Waals surface area contributed by atoms with Crippen molar-refractivity contribution < 1.29 is 21.6 Å². The lowest BCUT2D eigenvalue weighted by Crippen LogP contribution is -2.52. The van der Waals surface area contributed by atoms with E-state index in [1.165, 1.54) is 12.1 Å². The molecule has 1 atom stereocenters. The van der Waals surface area contributed by atoms with Crippen molar-refractivity contribution in [2.45, 2.75) is 49.1 Å². The van der Waals surface area contributed by atoms with Gasteiger partial charge in [-0.15, -0.1) is 0 Å². The number of carbonyl (C=O) groups excluding carboxylic acids is 1. The van der Waals surface area contributed by atoms with Gasteiger partial charge in [-0.1, -0.05) is 18.9 Å². The summed E-state index contributed by atoms with van der Waals surface area (Å²) in [6.07, 6.45) is 4.42. The number of hydrogen-bond donors (Lipinski definition) is 1. The number of carbonyl (C=O) groups is 1. The highest BCUT2D eigenvalue weighted by Gasteiger charge is 2.34. The molecule has 0 bridgehead atoms. The molecule has 1 amide bonds. The second-order valence-electron chi connectivity index (χ2n) is 8.52. The second-order valence-corrected chi connectivity index (χ2v) is 12.5. The Morgan fingerprint density at radius 1 is 1.03 bits per heavy atom. The maximum Gasteiger partial charge on any atom is 0.253 e. The van der Waals surface area contributed by atoms with E-state index in [0.717, 1.165) is 25.7 Å². The van der Waals surface area contributed by atoms with Crippen molar-refractivity contribution in [3.63, 3.8) is 0 Å². The molecule has 30 heavy (non-hydrogen) atoms. The fourth-order valence-electron chi connectivity index (χ4n) is 4.66. The number of sulfonamides is 1. The van der Waals surface area contributed by atoms with Crippen LogP contribution in [-0.2, 0) is 19.9 Å². The average molecular weight is 456 g/mol. The highest BCUT2D eigenvalue weighted by Crippen LogP contribution is 2.22. The van der Waals surface area contributed by atoms with Crippen LogP contribution in [-0.4, -0.2) is 82.3 Å². The Labute approximate surface area is 178 Å². The molecule has 2 aliphatic heterocycles. The number of benzene rings is 1. The van der Waals surface area contributed by atoms with Crippen LogP contribution in [0.4, 0.5) is 0 Å². The van der Waals surface area contributed by atoms with Gasteiger partial charge < -0.3 is 4.90 Å². The van der Waals surface area contributed by atoms with Gasteiger partial charge in [-0.3, -0.25) is 9.69 Å². The van der Waals surface area contributed by atoms with E-state index in [9.17, 15) is 21.6 Å². The summed E-state index contributed by atoms with van der Waals surface area (Å²) in [6, 6.07) is 6.24. The largest absolute Gasteiger partial charge is 0.336 e. The minimum Gasteiger partial charge on any atom is -0.336 e. The van der Waals surface area contributed by atoms with E-state index in [-0.39, 0.29) is 34.4 Å². The Bertz CT molecular complexity index is 995. The first kappa shape index (κ1) is 21.7. The van der Waals surface area contributed by atoms with Crippen molar-refractivity contribution in [3.05, 3.63) is 29.8 Å². The first-order valence-electron chi connectivity index (χ1n) is 10.6. The molecule has 1 saturated carbocycles. The first-order chi connectivity index (χ1) is 14.2. The minimum atomic E-state index is -3.65. The first-order valence-corrected chi connectivity index (χ1v) is 13.9. The molecule has 2 saturated heterocycles. The van der Waals surface area contributed by atoms with Gasteiger partial charge in [0.05, 0.1) is 16.4 Å². The third-order valence-corrected chi connectivity index (χ3v) is 9.66. The summed E-state index contributed by atoms with van der Waals surface area (Å²) >= 11 is 0. The van der Waals surface area contributed by atoms with Gasteiger partial charge in [0, 0.05) is 43.8 Å². The fraction of sp³-hybridized carbons (Fsp3) is 0.650. The van der Waals surface area contributed by atoms with Gasteiger partial charge >= 0.3 is 0 Å². The lowest BCUT2D eigenvalue weighted by Gasteiger charge is -2.37. The molecule has 0 spiro atoms. The lowest BCUT2D eigenvalue weighted by molar-refractivity contribution is 0.0587. The molecule has 10 heteroatoms. The van der Waals surface area contributed by atoms with E-state index < -0.39 is 19.9 Å². The quantitative estimate of drug-likeness (QED) is 0.706. The van der Waals surface area contributed by atoms with Crippen molar-refractivity contribution >= 4 is 25.8 Å². The van der Waals surface area contributed by atoms with Gasteiger partial charge in [-0.05, 0) is 37.5 Å². The molecule has 3 aliphatic rings. The second kappa shape index (κ2) is 8.57. The van der Waals surface area contributed by atoms with Gasteiger partial charge in [0.2, 0.25) is 10.0 Å². The average Bonchev–Trinajstić information content (AvgIpc) is 3.36. The van der Waals surface area contributed by atoms with Crippen LogP contribution in [0.25, 0.3) is 0 Å². The van der Waals surface area contributed by atoms with Crippen molar-refractivity contribution in [2.24, 2.45) is 0 Å². The molecule has 1 aliphatic carbocycles. The molecule has 0 aromatic heterocycles. The summed E-state index contributed by atoms with van der Waals surface area (Å²) in [7, 11) is -6.58. The molecule has 2 heterocycles. The van der Waals surface area contributed by atoms with Crippen molar-refractivity contribution in [1.29, 1.82) is 0 Å². The number of piperazine rings is 1. The molecule has 3 fully saturated rings. The van der Waals surface area contributed by atoms with Crippen molar-refractivity contribution in [2.75, 3.05) is 37.7 Å². The van der Waals surface area contributed by atoms with Gasteiger partial charge in [0.1, 0.15) is 0 Å². The smallest absolute Gasteiger partial charge is 0.253 e. The van der Waals surface area contributed by atoms with Crippen LogP contribution in [0.5, 0.6) is 0 Å². The summed E-state index contributed by atoms with van der Waals surface area (Å²) in [6.45, 7) is 2.28. The van der Waals surface area contributed by atoms with E-state index in [1.807, 2.05) is 0 Å². The molecule has 4 rings (SSSR count). The molecule has 8 nitrogen and oxygen atoms in total. The molecule has 1 aromatic rings. The van der Waals surface area contributed by atoms with Crippen LogP contribution in [0.3, 0.4) is 0 Å². The monoisotopic (exact) mass is 455 g/mol. The number of nitrogens with zero attached hydrogens (tertiary/aromatic N) is 2. The van der Waals surface area contributed by atoms with Crippen molar-refractivity contribution in [1.82, 2.24) is 14.5 Å². The van der Waals surface area contributed by atoms with E-state index in [1.54, 1.807) is 17.0 Å². The number of rotatable bonds is 5. The molecule has 0 radical (unpaired) electrons. The van der Waals surface area contributed by atoms with E-state index in [4.69, 9.17) is 0 Å². The van der Waals surface area contributed by atoms with E-state index in [0.29, 0.717) is 38.2 Å². The summed E-state index contributed by atoms with van der Waals surface area (Å²) in [4.78, 5) is 16.9. The van der Waals surface area contributed by atoms with Gasteiger partial charge in [-0.25, -0.2) is 21.6 Å². The highest BCUT2D eigenvalue weighted by molar-refractivity contribution is 7.91. The molecular formula is C20H29N3O5S2. The normalized spacial score (nSPS) is 25.6. The Morgan fingerprint density at radius 3 is 2.37 bits per heavy atom. The van der Waals surface area contributed by atoms with Crippen molar-refractivity contribution in [3.8, 4) is 0 Å². The van der Waals surface area contributed by atoms with Gasteiger partial charge in [0.15, 0.2) is 9.84 Å². The minimum absolute atomic E-state index is 0.0261. The third kappa shape index (κ3) is 4.87. The molecule has 1 unspecified atom stereocenters. The zero-order valence-electron chi connectivity index (χ0n) is 17.0. The molecular weight excluding hydrogens is 426 g/mol. The van der Waals surface area contributed by atoms with E-state index in [2.05, 4.69) is 9.62 Å². The standard InChI is InChI=1S/C20H29N3O5S2/c24-20(23-11-9-22(10-12-23)18-8-13-29(25,26)15-18)16-4-3-7-19(14-16)30(27,28)21-17-5-1-2-6-17/h3-4,7,14,17-18,21H,1-2,5-6,8-13,15H2. The van der Waals surface area contributed by atoms with Crippen LogP contribution in [0.15, 0.2) is 29.2 Å². The summed E-state index contributed by atoms with van der Waals surface area (Å²) < 4.78 is 51.6. The number of nitrogens with one attached hydrogen (secondary N) is 1. The number of hydrogen-bond acceptors (Lipinski definition) is 6. The van der Waals surface area contributed by atoms with Crippen LogP contribution >= 0.6 is 0 Å². The molecule has 1 aromatic carbocycles. The van der Waals surface area contributed by atoms with Crippen LogP contribution in [0, 0.1) is 0 Å². The Hall–Kier alpha value is -1.49. The third-order valence-electron chi connectivity index (χ3n) is 6.39. The Kier molecular flexibility index (Phi) is 6.20. The lowest BCUT2D eigenvalue weighted by atomic mass is 10.1. The Balaban J connectivity index is 1.39. The SMILES string of the molecule is O=C(c1cccc(S(=O)(=O)NC2CCCC2)c1)N1CCN(C2CCS(=O)(=O)C2)CC1. The zero-order chi connectivity index (χ0) is 21.4. The summed E-state index contributed by atoms with van der Waals surface area (Å²) in [5.41, 5.74) is 0.362. The topological polar surface area (TPSA) is 104 Å². The van der Waals surface area contributed by atoms with Crippen LogP contribution in [0.1, 0.15) is 42.5 Å². The number of amides is 1. The van der Waals surface area contributed by atoms with E-state index >= 15 is 0 Å². The fourth-order valence-corrected chi connectivity index (χ4v) is 7.78. The molecule has 1 N–H and O–H groups in total. The van der Waals surface area contributed by atoms with Gasteiger partial charge in [-0.2, -0.15) is 0 Å². The predicted octanol–water partition coefficient (Wildman–Crippen LogP) is 0.852. The maximum atomic E-state index is 13.0. The zero-order valence-corrected chi connectivity index (χ0v) is 18.6. The number of sulfone groups is 1. The Morgan fingerprint density at radius 2 is 1.73 bits per heavy atom.